The minimum Gasteiger partial charge on any atom is -0.493 e. The number of fused-ring (bicyclic) bond motifs is 1. The molecule has 1 fully saturated rings. The summed E-state index contributed by atoms with van der Waals surface area (Å²) in [4.78, 5) is 34.0. The molecule has 1 saturated heterocycles. The van der Waals surface area contributed by atoms with Crippen molar-refractivity contribution in [1.29, 1.82) is 0 Å². The molecule has 0 spiro atoms. The molecular formula is C22H23ClN4O4. The summed E-state index contributed by atoms with van der Waals surface area (Å²) in [5, 5.41) is 1.06. The fourth-order valence-electron chi connectivity index (χ4n) is 3.73. The predicted molar refractivity (Wildman–Crippen MR) is 119 cm³/mol. The third-order valence-corrected chi connectivity index (χ3v) is 5.68. The average molecular weight is 443 g/mol. The first-order valence-electron chi connectivity index (χ1n) is 9.89. The predicted octanol–water partition coefficient (Wildman–Crippen LogP) is 2.42. The fraction of sp³-hybridized carbons (Fsp3) is 0.318. The molecule has 31 heavy (non-hydrogen) atoms. The van der Waals surface area contributed by atoms with Gasteiger partial charge in [-0.05, 0) is 24.3 Å². The Morgan fingerprint density at radius 3 is 2.45 bits per heavy atom. The molecular weight excluding hydrogens is 420 g/mol. The molecule has 0 saturated carbocycles. The Hall–Kier alpha value is -3.26. The number of anilines is 1. The van der Waals surface area contributed by atoms with Gasteiger partial charge in [-0.2, -0.15) is 0 Å². The van der Waals surface area contributed by atoms with Crippen LogP contribution < -0.4 is 19.9 Å². The van der Waals surface area contributed by atoms with Crippen molar-refractivity contribution in [3.05, 3.63) is 58.1 Å². The molecule has 8 nitrogen and oxygen atoms in total. The van der Waals surface area contributed by atoms with Gasteiger partial charge < -0.3 is 19.3 Å². The minimum absolute atomic E-state index is 0.0622. The van der Waals surface area contributed by atoms with E-state index in [9.17, 15) is 9.59 Å². The maximum Gasteiger partial charge on any atom is 0.261 e. The van der Waals surface area contributed by atoms with Crippen molar-refractivity contribution in [2.75, 3.05) is 45.3 Å². The lowest BCUT2D eigenvalue weighted by Crippen LogP contribution is -2.50. The zero-order valence-electron chi connectivity index (χ0n) is 17.4. The number of halogens is 1. The first-order valence-corrected chi connectivity index (χ1v) is 10.3. The maximum atomic E-state index is 12.9. The van der Waals surface area contributed by atoms with Crippen LogP contribution in [0, 0.1) is 0 Å². The summed E-state index contributed by atoms with van der Waals surface area (Å²) in [6.45, 7) is 2.49. The van der Waals surface area contributed by atoms with Gasteiger partial charge in [0.05, 0.1) is 31.4 Å². The summed E-state index contributed by atoms with van der Waals surface area (Å²) < 4.78 is 11.9. The van der Waals surface area contributed by atoms with E-state index in [1.165, 1.54) is 25.1 Å². The van der Waals surface area contributed by atoms with Crippen LogP contribution in [-0.4, -0.2) is 60.8 Å². The van der Waals surface area contributed by atoms with Gasteiger partial charge in [0.25, 0.3) is 5.56 Å². The molecule has 0 atom stereocenters. The van der Waals surface area contributed by atoms with E-state index in [1.807, 2.05) is 24.3 Å². The highest BCUT2D eigenvalue weighted by Crippen LogP contribution is 2.29. The van der Waals surface area contributed by atoms with Gasteiger partial charge >= 0.3 is 0 Å². The number of amides is 1. The van der Waals surface area contributed by atoms with Crippen molar-refractivity contribution >= 4 is 34.1 Å². The van der Waals surface area contributed by atoms with Gasteiger partial charge in [0, 0.05) is 43.0 Å². The van der Waals surface area contributed by atoms with E-state index in [2.05, 4.69) is 9.88 Å². The third-order valence-electron chi connectivity index (χ3n) is 5.44. The summed E-state index contributed by atoms with van der Waals surface area (Å²) in [7, 11) is 3.03. The highest BCUT2D eigenvalue weighted by atomic mass is 35.5. The number of hydrogen-bond acceptors (Lipinski definition) is 6. The SMILES string of the molecule is COc1cc2ncn(CC(=O)N3CCN(c4cccc(Cl)c4)CC3)c(=O)c2cc1OC. The standard InChI is InChI=1S/C22H23ClN4O4/c1-30-19-11-17-18(12-20(19)31-2)24-14-27(22(17)29)13-21(28)26-8-6-25(7-9-26)16-5-3-4-15(23)10-16/h3-5,10-12,14H,6-9,13H2,1-2H3. The number of carbonyl (C=O) groups excluding carboxylic acids is 1. The van der Waals surface area contributed by atoms with Gasteiger partial charge in [0.1, 0.15) is 6.54 Å². The molecule has 1 aliphatic rings. The monoisotopic (exact) mass is 442 g/mol. The smallest absolute Gasteiger partial charge is 0.261 e. The lowest BCUT2D eigenvalue weighted by atomic mass is 10.2. The van der Waals surface area contributed by atoms with Gasteiger partial charge in [-0.15, -0.1) is 0 Å². The first kappa shape index (κ1) is 21.0. The molecule has 4 rings (SSSR count). The van der Waals surface area contributed by atoms with Gasteiger partial charge in [-0.25, -0.2) is 4.98 Å². The fourth-order valence-corrected chi connectivity index (χ4v) is 3.92. The van der Waals surface area contributed by atoms with Crippen molar-refractivity contribution < 1.29 is 14.3 Å². The zero-order valence-corrected chi connectivity index (χ0v) is 18.1. The number of carbonyl (C=O) groups is 1. The molecule has 0 unspecified atom stereocenters. The summed E-state index contributed by atoms with van der Waals surface area (Å²) in [6.07, 6.45) is 1.40. The summed E-state index contributed by atoms with van der Waals surface area (Å²) in [6, 6.07) is 10.9. The number of rotatable bonds is 5. The number of methoxy groups -OCH3 is 2. The second-order valence-corrected chi connectivity index (χ2v) is 7.69. The summed E-state index contributed by atoms with van der Waals surface area (Å²) in [5.41, 5.74) is 1.23. The van der Waals surface area contributed by atoms with E-state index < -0.39 is 0 Å². The van der Waals surface area contributed by atoms with Crippen LogP contribution in [0.4, 0.5) is 5.69 Å². The summed E-state index contributed by atoms with van der Waals surface area (Å²) >= 11 is 6.08. The van der Waals surface area contributed by atoms with Crippen LogP contribution in [0.5, 0.6) is 11.5 Å². The maximum absolute atomic E-state index is 12.9. The molecule has 2 heterocycles. The van der Waals surface area contributed by atoms with E-state index in [1.54, 1.807) is 17.0 Å². The van der Waals surface area contributed by atoms with Gasteiger partial charge in [0.15, 0.2) is 11.5 Å². The van der Waals surface area contributed by atoms with Crippen molar-refractivity contribution in [1.82, 2.24) is 14.5 Å². The Kier molecular flexibility index (Phi) is 5.99. The number of benzene rings is 2. The zero-order chi connectivity index (χ0) is 22.0. The Morgan fingerprint density at radius 1 is 1.06 bits per heavy atom. The molecule has 162 valence electrons. The van der Waals surface area contributed by atoms with E-state index in [0.717, 1.165) is 5.69 Å². The number of piperazine rings is 1. The quantitative estimate of drug-likeness (QED) is 0.604. The molecule has 1 amide bonds. The molecule has 0 radical (unpaired) electrons. The van der Waals surface area contributed by atoms with Crippen LogP contribution in [-0.2, 0) is 11.3 Å². The molecule has 0 bridgehead atoms. The molecule has 9 heteroatoms. The Bertz CT molecular complexity index is 1170. The first-order chi connectivity index (χ1) is 15.0. The minimum atomic E-state index is -0.295. The van der Waals surface area contributed by atoms with Crippen molar-refractivity contribution in [3.8, 4) is 11.5 Å². The Morgan fingerprint density at radius 2 is 1.77 bits per heavy atom. The molecule has 3 aromatic rings. The van der Waals surface area contributed by atoms with Crippen LogP contribution >= 0.6 is 11.6 Å². The second-order valence-electron chi connectivity index (χ2n) is 7.25. The largest absolute Gasteiger partial charge is 0.493 e. The van der Waals surface area contributed by atoms with Crippen LogP contribution in [0.3, 0.4) is 0 Å². The normalized spacial score (nSPS) is 14.0. The van der Waals surface area contributed by atoms with Crippen LogP contribution in [0.1, 0.15) is 0 Å². The third kappa shape index (κ3) is 4.29. The van der Waals surface area contributed by atoms with E-state index in [-0.39, 0.29) is 18.0 Å². The lowest BCUT2D eigenvalue weighted by molar-refractivity contribution is -0.132. The van der Waals surface area contributed by atoms with Crippen molar-refractivity contribution in [3.63, 3.8) is 0 Å². The average Bonchev–Trinajstić information content (AvgIpc) is 2.80. The lowest BCUT2D eigenvalue weighted by Gasteiger charge is -2.36. The van der Waals surface area contributed by atoms with E-state index >= 15 is 0 Å². The number of aromatic nitrogens is 2. The Balaban J connectivity index is 1.47. The van der Waals surface area contributed by atoms with Crippen LogP contribution in [0.25, 0.3) is 10.9 Å². The number of ether oxygens (including phenoxy) is 2. The van der Waals surface area contributed by atoms with Crippen molar-refractivity contribution in [2.24, 2.45) is 0 Å². The molecule has 1 aromatic heterocycles. The highest BCUT2D eigenvalue weighted by molar-refractivity contribution is 6.30. The molecule has 0 N–H and O–H groups in total. The molecule has 2 aromatic carbocycles. The highest BCUT2D eigenvalue weighted by Gasteiger charge is 2.22. The van der Waals surface area contributed by atoms with Gasteiger partial charge in [0.2, 0.25) is 5.91 Å². The molecule has 0 aliphatic carbocycles. The van der Waals surface area contributed by atoms with E-state index in [0.29, 0.717) is 53.6 Å². The van der Waals surface area contributed by atoms with Gasteiger partial charge in [-0.1, -0.05) is 17.7 Å². The number of hydrogen-bond donors (Lipinski definition) is 0. The summed E-state index contributed by atoms with van der Waals surface area (Å²) in [5.74, 6) is 0.817. The van der Waals surface area contributed by atoms with Crippen molar-refractivity contribution in [2.45, 2.75) is 6.54 Å². The number of nitrogens with zero attached hydrogens (tertiary/aromatic N) is 4. The Labute approximate surface area is 184 Å². The second kappa shape index (κ2) is 8.85. The van der Waals surface area contributed by atoms with Gasteiger partial charge in [-0.3, -0.25) is 14.2 Å². The molecule has 1 aliphatic heterocycles. The van der Waals surface area contributed by atoms with Crippen LogP contribution in [0.2, 0.25) is 5.02 Å². The van der Waals surface area contributed by atoms with E-state index in [4.69, 9.17) is 21.1 Å². The van der Waals surface area contributed by atoms with Crippen LogP contribution in [0.15, 0.2) is 47.5 Å². The topological polar surface area (TPSA) is 76.9 Å².